The maximum atomic E-state index is 13.8. The molecule has 1 aliphatic heterocycles. The van der Waals surface area contributed by atoms with Gasteiger partial charge in [-0.25, -0.2) is 4.39 Å². The van der Waals surface area contributed by atoms with Crippen LogP contribution in [0.1, 0.15) is 51.5 Å². The molecule has 192 valence electrons. The minimum Gasteiger partial charge on any atom is -0.466 e. The highest BCUT2D eigenvalue weighted by molar-refractivity contribution is 7.90. The Morgan fingerprint density at radius 2 is 1.89 bits per heavy atom. The highest BCUT2D eigenvalue weighted by Gasteiger charge is 2.48. The largest absolute Gasteiger partial charge is 0.466 e. The average Bonchev–Trinajstić information content (AvgIpc) is 2.83. The quantitative estimate of drug-likeness (QED) is 0.552. The van der Waals surface area contributed by atoms with Crippen LogP contribution >= 0.6 is 0 Å². The van der Waals surface area contributed by atoms with E-state index in [4.69, 9.17) is 4.74 Å². The van der Waals surface area contributed by atoms with Crippen molar-refractivity contribution in [3.8, 4) is 0 Å². The molecular weight excluding hydrogens is 485 g/mol. The molecule has 10 heteroatoms. The number of carbonyl (C=O) groups is 2. The van der Waals surface area contributed by atoms with Gasteiger partial charge in [0.1, 0.15) is 16.5 Å². The SMILES string of the molecule is CCOC(=O)[C@@H]1CCCC[C@]1(C)N(Cc1ccc(F)cc1)C(=O)CC1=NS(=O)(=O)c2ccccc2N1. The number of carbonyl (C=O) groups excluding carboxylic acids is 2. The van der Waals surface area contributed by atoms with Crippen LogP contribution in [0.3, 0.4) is 0 Å². The van der Waals surface area contributed by atoms with E-state index in [0.29, 0.717) is 24.1 Å². The van der Waals surface area contributed by atoms with Crippen molar-refractivity contribution in [1.29, 1.82) is 0 Å². The van der Waals surface area contributed by atoms with Crippen molar-refractivity contribution >= 4 is 33.4 Å². The molecule has 36 heavy (non-hydrogen) atoms. The van der Waals surface area contributed by atoms with E-state index in [0.717, 1.165) is 12.8 Å². The summed E-state index contributed by atoms with van der Waals surface area (Å²) >= 11 is 0. The van der Waals surface area contributed by atoms with Gasteiger partial charge in [-0.05, 0) is 56.5 Å². The zero-order valence-electron chi connectivity index (χ0n) is 20.4. The number of anilines is 1. The van der Waals surface area contributed by atoms with E-state index in [2.05, 4.69) is 9.71 Å². The topological polar surface area (TPSA) is 105 Å². The molecule has 0 unspecified atom stereocenters. The van der Waals surface area contributed by atoms with E-state index in [-0.39, 0.29) is 42.2 Å². The third kappa shape index (κ3) is 5.28. The fraction of sp³-hybridized carbons (Fsp3) is 0.423. The summed E-state index contributed by atoms with van der Waals surface area (Å²) < 4.78 is 48.1. The van der Waals surface area contributed by atoms with Gasteiger partial charge in [-0.1, -0.05) is 37.1 Å². The van der Waals surface area contributed by atoms with Crippen LogP contribution in [0.15, 0.2) is 57.8 Å². The first-order chi connectivity index (χ1) is 17.1. The lowest BCUT2D eigenvalue weighted by molar-refractivity contribution is -0.160. The van der Waals surface area contributed by atoms with Crippen molar-refractivity contribution in [3.63, 3.8) is 0 Å². The van der Waals surface area contributed by atoms with Crippen LogP contribution < -0.4 is 5.32 Å². The Kier molecular flexibility index (Phi) is 7.44. The van der Waals surface area contributed by atoms with Crippen molar-refractivity contribution in [3.05, 3.63) is 59.9 Å². The van der Waals surface area contributed by atoms with Crippen LogP contribution in [-0.2, 0) is 30.9 Å². The molecular formula is C26H30FN3O5S. The Labute approximate surface area is 210 Å². The van der Waals surface area contributed by atoms with Gasteiger partial charge in [0, 0.05) is 6.54 Å². The summed E-state index contributed by atoms with van der Waals surface area (Å²) in [5.74, 6) is -1.68. The number of amidine groups is 1. The predicted molar refractivity (Wildman–Crippen MR) is 133 cm³/mol. The molecule has 2 aliphatic rings. The van der Waals surface area contributed by atoms with Crippen LogP contribution in [0.2, 0.25) is 0 Å². The molecule has 0 radical (unpaired) electrons. The van der Waals surface area contributed by atoms with E-state index in [1.165, 1.54) is 18.2 Å². The molecule has 0 aromatic heterocycles. The number of amides is 1. The molecule has 1 amide bonds. The lowest BCUT2D eigenvalue weighted by atomic mass is 9.72. The van der Waals surface area contributed by atoms with Gasteiger partial charge in [0.25, 0.3) is 10.0 Å². The molecule has 2 aromatic carbocycles. The summed E-state index contributed by atoms with van der Waals surface area (Å²) in [6.45, 7) is 3.97. The Morgan fingerprint density at radius 3 is 2.61 bits per heavy atom. The number of benzene rings is 2. The minimum atomic E-state index is -3.96. The van der Waals surface area contributed by atoms with E-state index in [1.807, 2.05) is 6.92 Å². The highest BCUT2D eigenvalue weighted by atomic mass is 32.2. The molecule has 0 saturated heterocycles. The summed E-state index contributed by atoms with van der Waals surface area (Å²) in [7, 11) is -3.96. The molecule has 0 spiro atoms. The van der Waals surface area contributed by atoms with Gasteiger partial charge in [0.2, 0.25) is 5.91 Å². The molecule has 1 aliphatic carbocycles. The van der Waals surface area contributed by atoms with Crippen LogP contribution in [0, 0.1) is 11.7 Å². The van der Waals surface area contributed by atoms with Crippen molar-refractivity contribution in [2.75, 3.05) is 11.9 Å². The second-order valence-corrected chi connectivity index (χ2v) is 10.9. The first-order valence-corrected chi connectivity index (χ1v) is 13.5. The van der Waals surface area contributed by atoms with Gasteiger partial charge in [-0.3, -0.25) is 9.59 Å². The molecule has 4 rings (SSSR count). The smallest absolute Gasteiger partial charge is 0.311 e. The number of rotatable bonds is 7. The minimum absolute atomic E-state index is 0.00917. The predicted octanol–water partition coefficient (Wildman–Crippen LogP) is 4.27. The molecule has 0 bridgehead atoms. The number of nitrogens with zero attached hydrogens (tertiary/aromatic N) is 2. The van der Waals surface area contributed by atoms with Crippen LogP contribution in [-0.4, -0.2) is 43.2 Å². The van der Waals surface area contributed by atoms with Gasteiger partial charge < -0.3 is 15.0 Å². The van der Waals surface area contributed by atoms with Crippen LogP contribution in [0.5, 0.6) is 0 Å². The normalized spacial score (nSPS) is 22.5. The molecule has 2 atom stereocenters. The number of para-hydroxylation sites is 1. The standard InChI is InChI=1S/C26H30FN3O5S/c1-3-35-25(32)20-8-6-7-15-26(20,2)30(17-18-11-13-19(27)14-12-18)24(31)16-23-28-21-9-4-5-10-22(21)36(33,34)29-23/h4-5,9-14,20H,3,6-8,15-17H2,1-2H3,(H,28,29)/t20-,26-/m0/s1. The Morgan fingerprint density at radius 1 is 1.17 bits per heavy atom. The maximum absolute atomic E-state index is 13.8. The third-order valence-electron chi connectivity index (χ3n) is 6.91. The number of esters is 1. The fourth-order valence-corrected chi connectivity index (χ4v) is 6.21. The number of ether oxygens (including phenoxy) is 1. The van der Waals surface area contributed by atoms with Crippen molar-refractivity contribution in [1.82, 2.24) is 4.90 Å². The number of nitrogens with one attached hydrogen (secondary N) is 1. The first-order valence-electron chi connectivity index (χ1n) is 12.1. The van der Waals surface area contributed by atoms with Gasteiger partial charge in [0.05, 0.1) is 30.2 Å². The number of halogens is 1. The van der Waals surface area contributed by atoms with Crippen molar-refractivity contribution in [2.24, 2.45) is 10.3 Å². The Hall–Kier alpha value is -3.27. The molecule has 1 fully saturated rings. The molecule has 1 saturated carbocycles. The highest BCUT2D eigenvalue weighted by Crippen LogP contribution is 2.40. The van der Waals surface area contributed by atoms with Gasteiger partial charge in [0.15, 0.2) is 0 Å². The van der Waals surface area contributed by atoms with Crippen molar-refractivity contribution < 1.29 is 27.1 Å². The van der Waals surface area contributed by atoms with E-state index in [1.54, 1.807) is 42.2 Å². The first kappa shape index (κ1) is 25.8. The van der Waals surface area contributed by atoms with Crippen LogP contribution in [0.25, 0.3) is 0 Å². The maximum Gasteiger partial charge on any atom is 0.311 e. The molecule has 1 N–H and O–H groups in total. The second kappa shape index (κ2) is 10.4. The van der Waals surface area contributed by atoms with E-state index >= 15 is 0 Å². The average molecular weight is 516 g/mol. The molecule has 8 nitrogen and oxygen atoms in total. The summed E-state index contributed by atoms with van der Waals surface area (Å²) in [5.41, 5.74) is 0.173. The molecule has 1 heterocycles. The zero-order valence-corrected chi connectivity index (χ0v) is 21.2. The fourth-order valence-electron chi connectivity index (χ4n) is 5.06. The lowest BCUT2D eigenvalue weighted by Crippen LogP contribution is -2.58. The number of sulfonamides is 1. The van der Waals surface area contributed by atoms with Gasteiger partial charge in [-0.15, -0.1) is 4.40 Å². The summed E-state index contributed by atoms with van der Waals surface area (Å²) in [5, 5.41) is 2.96. The number of fused-ring (bicyclic) bond motifs is 1. The monoisotopic (exact) mass is 515 g/mol. The van der Waals surface area contributed by atoms with E-state index < -0.39 is 27.3 Å². The number of hydrogen-bond donors (Lipinski definition) is 1. The zero-order chi connectivity index (χ0) is 25.9. The van der Waals surface area contributed by atoms with Crippen LogP contribution in [0.4, 0.5) is 10.1 Å². The Balaban J connectivity index is 1.68. The number of hydrogen-bond acceptors (Lipinski definition) is 6. The van der Waals surface area contributed by atoms with Gasteiger partial charge >= 0.3 is 5.97 Å². The third-order valence-corrected chi connectivity index (χ3v) is 8.28. The lowest BCUT2D eigenvalue weighted by Gasteiger charge is -2.48. The summed E-state index contributed by atoms with van der Waals surface area (Å²) in [6.07, 6.45) is 2.50. The second-order valence-electron chi connectivity index (χ2n) is 9.32. The molecule has 2 aromatic rings. The summed E-state index contributed by atoms with van der Waals surface area (Å²) in [6, 6.07) is 12.2. The Bertz CT molecular complexity index is 1280. The van der Waals surface area contributed by atoms with E-state index in [9.17, 15) is 22.4 Å². The van der Waals surface area contributed by atoms with Crippen molar-refractivity contribution in [2.45, 2.75) is 62.9 Å². The van der Waals surface area contributed by atoms with Gasteiger partial charge in [-0.2, -0.15) is 8.42 Å². The summed E-state index contributed by atoms with van der Waals surface area (Å²) in [4.78, 5) is 28.4.